The van der Waals surface area contributed by atoms with Gasteiger partial charge in [-0.25, -0.2) is 0 Å². The van der Waals surface area contributed by atoms with Crippen LogP contribution in [0.1, 0.15) is 42.2 Å². The Hall–Kier alpha value is -4.49. The topological polar surface area (TPSA) is 124 Å². The van der Waals surface area contributed by atoms with Crippen molar-refractivity contribution >= 4 is 28.3 Å². The van der Waals surface area contributed by atoms with Crippen LogP contribution in [0.25, 0.3) is 11.1 Å². The SMILES string of the molecule is C#C.C/C=C(\C=C/CCOc1nnc(NC(=O)c2cnc(C)cc2-c2ccccc2OC)s1)C1(C(=O)O)CC1. The molecular formula is C29H30N4O5S. The van der Waals surface area contributed by atoms with Crippen LogP contribution in [0.5, 0.6) is 10.9 Å². The number of hydrogen-bond acceptors (Lipinski definition) is 8. The third-order valence-corrected chi connectivity index (χ3v) is 6.89. The van der Waals surface area contributed by atoms with E-state index in [-0.39, 0.29) is 5.91 Å². The molecule has 2 heterocycles. The first-order chi connectivity index (χ1) is 18.9. The van der Waals surface area contributed by atoms with Gasteiger partial charge in [0.15, 0.2) is 0 Å². The number of allylic oxidation sites excluding steroid dienone is 2. The molecule has 0 atom stereocenters. The highest BCUT2D eigenvalue weighted by Crippen LogP contribution is 2.52. The molecule has 1 fully saturated rings. The number of carbonyl (C=O) groups excluding carboxylic acids is 1. The molecule has 1 saturated carbocycles. The molecule has 0 saturated heterocycles. The van der Waals surface area contributed by atoms with Gasteiger partial charge in [-0.3, -0.25) is 19.9 Å². The van der Waals surface area contributed by atoms with Gasteiger partial charge in [0.2, 0.25) is 5.13 Å². The van der Waals surface area contributed by atoms with Crippen molar-refractivity contribution < 1.29 is 24.2 Å². The van der Waals surface area contributed by atoms with Gasteiger partial charge in [0.25, 0.3) is 11.1 Å². The lowest BCUT2D eigenvalue weighted by atomic mass is 9.95. The highest BCUT2D eigenvalue weighted by atomic mass is 32.1. The molecule has 2 N–H and O–H groups in total. The minimum atomic E-state index is -0.776. The predicted octanol–water partition coefficient (Wildman–Crippen LogP) is 5.56. The molecule has 1 aromatic carbocycles. The number of nitrogens with one attached hydrogen (secondary N) is 1. The van der Waals surface area contributed by atoms with Crippen molar-refractivity contribution in [1.82, 2.24) is 15.2 Å². The standard InChI is InChI=1S/C27H28N4O5S.C2H2/c1-4-18(27(12-13-27)24(33)34)9-7-8-14-36-26-31-30-25(37-26)29-23(32)21-16-28-17(2)15-20(21)19-10-5-6-11-22(19)35-3;1-2/h4-7,9-11,15-16H,8,12-14H2,1-3H3,(H,33,34)(H,29,30,32);1-2H/b9-7-,18-4+;. The van der Waals surface area contributed by atoms with Crippen LogP contribution in [-0.2, 0) is 4.79 Å². The maximum atomic E-state index is 13.1. The van der Waals surface area contributed by atoms with Gasteiger partial charge in [-0.05, 0) is 62.2 Å². The van der Waals surface area contributed by atoms with Crippen LogP contribution in [0, 0.1) is 25.2 Å². The number of benzene rings is 1. The van der Waals surface area contributed by atoms with Crippen LogP contribution < -0.4 is 14.8 Å². The Morgan fingerprint density at radius 1 is 1.21 bits per heavy atom. The van der Waals surface area contributed by atoms with Crippen molar-refractivity contribution in [1.29, 1.82) is 0 Å². The lowest BCUT2D eigenvalue weighted by Crippen LogP contribution is -2.16. The van der Waals surface area contributed by atoms with E-state index < -0.39 is 11.4 Å². The zero-order chi connectivity index (χ0) is 28.4. The summed E-state index contributed by atoms with van der Waals surface area (Å²) in [5.74, 6) is -0.494. The van der Waals surface area contributed by atoms with Crippen LogP contribution in [-0.4, -0.2) is 45.9 Å². The van der Waals surface area contributed by atoms with Crippen LogP contribution in [0.4, 0.5) is 5.13 Å². The minimum Gasteiger partial charge on any atom is -0.496 e. The van der Waals surface area contributed by atoms with E-state index in [1.807, 2.05) is 62.4 Å². The molecule has 4 rings (SSSR count). The first-order valence-electron chi connectivity index (χ1n) is 12.2. The fourth-order valence-electron chi connectivity index (χ4n) is 4.02. The highest BCUT2D eigenvalue weighted by molar-refractivity contribution is 7.17. The molecule has 1 aliphatic carbocycles. The summed E-state index contributed by atoms with van der Waals surface area (Å²) in [6, 6.07) is 9.32. The van der Waals surface area contributed by atoms with E-state index in [0.717, 1.165) is 28.2 Å². The molecule has 2 aromatic heterocycles. The molecule has 0 radical (unpaired) electrons. The largest absolute Gasteiger partial charge is 0.496 e. The average Bonchev–Trinajstić information content (AvgIpc) is 3.65. The van der Waals surface area contributed by atoms with Crippen molar-refractivity contribution in [3.05, 3.63) is 71.6 Å². The van der Waals surface area contributed by atoms with Crippen LogP contribution in [0.3, 0.4) is 0 Å². The molecule has 9 nitrogen and oxygen atoms in total. The van der Waals surface area contributed by atoms with Gasteiger partial charge >= 0.3 is 5.97 Å². The van der Waals surface area contributed by atoms with Crippen molar-refractivity contribution in [3.8, 4) is 34.9 Å². The number of methoxy groups -OCH3 is 1. The minimum absolute atomic E-state index is 0.301. The molecule has 39 heavy (non-hydrogen) atoms. The molecule has 1 aliphatic rings. The molecule has 202 valence electrons. The third kappa shape index (κ3) is 6.89. The monoisotopic (exact) mass is 546 g/mol. The van der Waals surface area contributed by atoms with Crippen molar-refractivity contribution in [3.63, 3.8) is 0 Å². The van der Waals surface area contributed by atoms with Crippen LogP contribution in [0.2, 0.25) is 0 Å². The maximum absolute atomic E-state index is 13.1. The van der Waals surface area contributed by atoms with E-state index in [0.29, 0.717) is 53.1 Å². The lowest BCUT2D eigenvalue weighted by molar-refractivity contribution is -0.141. The molecule has 3 aromatic rings. The number of terminal acetylenes is 1. The second-order valence-corrected chi connectivity index (χ2v) is 9.51. The Morgan fingerprint density at radius 2 is 1.95 bits per heavy atom. The van der Waals surface area contributed by atoms with E-state index in [2.05, 4.69) is 33.3 Å². The number of hydrogen-bond donors (Lipinski definition) is 2. The van der Waals surface area contributed by atoms with Crippen LogP contribution in [0.15, 0.2) is 60.3 Å². The van der Waals surface area contributed by atoms with Gasteiger partial charge in [-0.2, -0.15) is 0 Å². The Kier molecular flexibility index (Phi) is 9.95. The van der Waals surface area contributed by atoms with Gasteiger partial charge in [-0.15, -0.1) is 17.9 Å². The summed E-state index contributed by atoms with van der Waals surface area (Å²) in [6.07, 6.45) is 17.0. The first kappa shape index (κ1) is 29.1. The summed E-state index contributed by atoms with van der Waals surface area (Å²) in [5, 5.41) is 20.8. The van der Waals surface area contributed by atoms with E-state index in [4.69, 9.17) is 9.47 Å². The second kappa shape index (κ2) is 13.3. The fourth-order valence-corrected chi connectivity index (χ4v) is 4.64. The number of aliphatic carboxylic acids is 1. The van der Waals surface area contributed by atoms with Gasteiger partial charge in [0.05, 0.1) is 24.7 Å². The summed E-state index contributed by atoms with van der Waals surface area (Å²) >= 11 is 1.12. The van der Waals surface area contributed by atoms with Crippen molar-refractivity contribution in [2.24, 2.45) is 5.41 Å². The maximum Gasteiger partial charge on any atom is 0.314 e. The predicted molar refractivity (Wildman–Crippen MR) is 151 cm³/mol. The highest BCUT2D eigenvalue weighted by Gasteiger charge is 2.52. The number of carboxylic acid groups (broad SMARTS) is 1. The van der Waals surface area contributed by atoms with Crippen LogP contribution >= 0.6 is 11.3 Å². The summed E-state index contributed by atoms with van der Waals surface area (Å²) in [4.78, 5) is 28.9. The molecule has 0 unspecified atom stereocenters. The van der Waals surface area contributed by atoms with E-state index in [1.165, 1.54) is 6.20 Å². The number of rotatable bonds is 11. The normalized spacial score (nSPS) is 13.7. The number of anilines is 1. The van der Waals surface area contributed by atoms with E-state index in [1.54, 1.807) is 7.11 Å². The number of ether oxygens (including phenoxy) is 2. The Morgan fingerprint density at radius 3 is 2.62 bits per heavy atom. The van der Waals surface area contributed by atoms with E-state index in [9.17, 15) is 14.7 Å². The van der Waals surface area contributed by atoms with E-state index >= 15 is 0 Å². The number of amides is 1. The number of aryl methyl sites for hydroxylation is 1. The van der Waals surface area contributed by atoms with Gasteiger partial charge in [0, 0.05) is 23.0 Å². The average molecular weight is 547 g/mol. The van der Waals surface area contributed by atoms with Gasteiger partial charge < -0.3 is 14.6 Å². The molecule has 0 aliphatic heterocycles. The number of carbonyl (C=O) groups is 2. The third-order valence-electron chi connectivity index (χ3n) is 6.14. The smallest absolute Gasteiger partial charge is 0.314 e. The number of para-hydroxylation sites is 1. The Labute approximate surface area is 231 Å². The fraction of sp³-hybridized carbons (Fsp3) is 0.276. The van der Waals surface area contributed by atoms with Crippen molar-refractivity contribution in [2.45, 2.75) is 33.1 Å². The summed E-state index contributed by atoms with van der Waals surface area (Å²) in [5.41, 5.74) is 2.73. The Bertz CT molecular complexity index is 1410. The summed E-state index contributed by atoms with van der Waals surface area (Å²) < 4.78 is 11.1. The van der Waals surface area contributed by atoms with Crippen molar-refractivity contribution in [2.75, 3.05) is 19.0 Å². The van der Waals surface area contributed by atoms with Gasteiger partial charge in [-0.1, -0.05) is 41.5 Å². The summed E-state index contributed by atoms with van der Waals surface area (Å²) in [6.45, 7) is 4.05. The first-order valence-corrected chi connectivity index (χ1v) is 13.0. The molecule has 0 bridgehead atoms. The second-order valence-electron chi connectivity index (χ2n) is 8.57. The zero-order valence-electron chi connectivity index (χ0n) is 22.0. The quantitative estimate of drug-likeness (QED) is 0.182. The molecule has 1 amide bonds. The lowest BCUT2D eigenvalue weighted by Gasteiger charge is -2.13. The summed E-state index contributed by atoms with van der Waals surface area (Å²) in [7, 11) is 1.59. The number of nitrogens with zero attached hydrogens (tertiary/aromatic N) is 3. The molecule has 10 heteroatoms. The van der Waals surface area contributed by atoms with Gasteiger partial charge in [0.1, 0.15) is 5.75 Å². The number of carboxylic acids is 1. The molecular weight excluding hydrogens is 516 g/mol. The number of pyridine rings is 1. The zero-order valence-corrected chi connectivity index (χ0v) is 22.8. The Balaban J connectivity index is 0.00000205. The number of aromatic nitrogens is 3. The molecule has 0 spiro atoms.